The maximum atomic E-state index is 9.78. The van der Waals surface area contributed by atoms with Crippen molar-refractivity contribution < 1.29 is 9.63 Å². The summed E-state index contributed by atoms with van der Waals surface area (Å²) in [6, 6.07) is 4.03. The topological polar surface area (TPSA) is 91.1 Å². The first-order valence-electron chi connectivity index (χ1n) is 9.40. The van der Waals surface area contributed by atoms with Gasteiger partial charge in [-0.05, 0) is 39.3 Å². The average molecular weight is 367 g/mol. The van der Waals surface area contributed by atoms with Crippen LogP contribution >= 0.6 is 0 Å². The molecule has 0 amide bonds. The van der Waals surface area contributed by atoms with Crippen LogP contribution in [0.15, 0.2) is 29.0 Å². The molecule has 0 bridgehead atoms. The van der Waals surface area contributed by atoms with E-state index in [4.69, 9.17) is 9.51 Å². The van der Waals surface area contributed by atoms with Gasteiger partial charge in [0.05, 0.1) is 30.1 Å². The summed E-state index contributed by atoms with van der Waals surface area (Å²) in [7, 11) is 0. The molecule has 7 heteroatoms. The Bertz CT molecular complexity index is 884. The average Bonchev–Trinajstić information content (AvgIpc) is 3.31. The van der Waals surface area contributed by atoms with Crippen LogP contribution < -0.4 is 0 Å². The minimum atomic E-state index is -0.0536. The lowest BCUT2D eigenvalue weighted by molar-refractivity contribution is 0.194. The molecule has 7 nitrogen and oxygen atoms in total. The molecular weight excluding hydrogens is 342 g/mol. The second-order valence-corrected chi connectivity index (χ2v) is 7.21. The second-order valence-electron chi connectivity index (χ2n) is 7.21. The highest BCUT2D eigenvalue weighted by molar-refractivity contribution is 5.67. The van der Waals surface area contributed by atoms with Gasteiger partial charge in [0.15, 0.2) is 0 Å². The van der Waals surface area contributed by atoms with Crippen LogP contribution in [0, 0.1) is 13.8 Å². The fourth-order valence-electron chi connectivity index (χ4n) is 3.93. The second kappa shape index (κ2) is 7.62. The highest BCUT2D eigenvalue weighted by Gasteiger charge is 2.25. The lowest BCUT2D eigenvalue weighted by atomic mass is 9.93. The summed E-state index contributed by atoms with van der Waals surface area (Å²) in [4.78, 5) is 14.9. The molecular formula is C20H25N5O2. The van der Waals surface area contributed by atoms with Crippen LogP contribution in [-0.2, 0) is 13.2 Å². The first kappa shape index (κ1) is 17.9. The van der Waals surface area contributed by atoms with Crippen molar-refractivity contribution in [3.8, 4) is 11.3 Å². The number of hydrogen-bond donors (Lipinski definition) is 2. The number of nitrogens with one attached hydrogen (secondary N) is 1. The van der Waals surface area contributed by atoms with Crippen molar-refractivity contribution in [3.05, 3.63) is 53.1 Å². The van der Waals surface area contributed by atoms with Crippen molar-refractivity contribution in [2.24, 2.45) is 0 Å². The lowest BCUT2D eigenvalue weighted by Crippen LogP contribution is -2.34. The van der Waals surface area contributed by atoms with Gasteiger partial charge in [0, 0.05) is 36.1 Å². The van der Waals surface area contributed by atoms with E-state index in [1.165, 1.54) is 0 Å². The first-order valence-corrected chi connectivity index (χ1v) is 9.40. The molecule has 1 atom stereocenters. The number of imidazole rings is 1. The number of aromatic amines is 1. The van der Waals surface area contributed by atoms with Crippen molar-refractivity contribution >= 4 is 0 Å². The molecule has 4 rings (SSSR count). The first-order chi connectivity index (χ1) is 13.2. The largest absolute Gasteiger partial charge is 0.392 e. The fraction of sp³-hybridized carbons (Fsp3) is 0.450. The summed E-state index contributed by atoms with van der Waals surface area (Å²) in [5.74, 6) is 2.09. The predicted octanol–water partition coefficient (Wildman–Crippen LogP) is 2.95. The molecule has 0 aliphatic carbocycles. The van der Waals surface area contributed by atoms with E-state index in [0.29, 0.717) is 5.92 Å². The monoisotopic (exact) mass is 367 g/mol. The molecule has 1 aliphatic rings. The van der Waals surface area contributed by atoms with Gasteiger partial charge >= 0.3 is 0 Å². The highest BCUT2D eigenvalue weighted by atomic mass is 16.5. The van der Waals surface area contributed by atoms with Gasteiger partial charge in [-0.2, -0.15) is 0 Å². The van der Waals surface area contributed by atoms with Gasteiger partial charge in [-0.3, -0.25) is 9.88 Å². The molecule has 4 heterocycles. The van der Waals surface area contributed by atoms with Crippen molar-refractivity contribution in [3.63, 3.8) is 0 Å². The number of aromatic nitrogens is 4. The molecule has 0 unspecified atom stereocenters. The minimum Gasteiger partial charge on any atom is -0.392 e. The number of nitrogens with zero attached hydrogens (tertiary/aromatic N) is 4. The van der Waals surface area contributed by atoms with Gasteiger partial charge < -0.3 is 14.6 Å². The molecule has 0 saturated carbocycles. The number of hydrogen-bond acceptors (Lipinski definition) is 6. The van der Waals surface area contributed by atoms with Crippen LogP contribution in [0.4, 0.5) is 0 Å². The minimum absolute atomic E-state index is 0.0536. The van der Waals surface area contributed by atoms with Gasteiger partial charge in [-0.25, -0.2) is 4.98 Å². The molecule has 0 spiro atoms. The normalized spacial score (nSPS) is 18.1. The number of aryl methyl sites for hydroxylation is 2. The van der Waals surface area contributed by atoms with E-state index in [2.05, 4.69) is 20.0 Å². The summed E-state index contributed by atoms with van der Waals surface area (Å²) < 4.78 is 5.32. The van der Waals surface area contributed by atoms with Crippen LogP contribution in [0.25, 0.3) is 11.3 Å². The van der Waals surface area contributed by atoms with Crippen molar-refractivity contribution in [1.82, 2.24) is 25.0 Å². The molecule has 142 valence electrons. The summed E-state index contributed by atoms with van der Waals surface area (Å²) in [6.45, 7) is 6.59. The Labute approximate surface area is 158 Å². The standard InChI is InChI=1S/C20H25N5O2/c1-13-19(14(2)27-24-13)20-16(12-26)5-6-17(23-20)15-4-3-9-25(10-15)11-18-21-7-8-22-18/h5-8,15,26H,3-4,9-12H2,1-2H3,(H,21,22)/t15-/m1/s1. The van der Waals surface area contributed by atoms with E-state index >= 15 is 0 Å². The Morgan fingerprint density at radius 1 is 1.33 bits per heavy atom. The zero-order valence-electron chi connectivity index (χ0n) is 15.8. The number of likely N-dealkylation sites (tertiary alicyclic amines) is 1. The van der Waals surface area contributed by atoms with Gasteiger partial charge in [0.2, 0.25) is 0 Å². The highest BCUT2D eigenvalue weighted by Crippen LogP contribution is 2.32. The molecule has 3 aromatic heterocycles. The molecule has 1 saturated heterocycles. The molecule has 1 aliphatic heterocycles. The Hall–Kier alpha value is -2.51. The number of rotatable bonds is 5. The van der Waals surface area contributed by atoms with Crippen LogP contribution in [0.3, 0.4) is 0 Å². The Morgan fingerprint density at radius 2 is 2.22 bits per heavy atom. The summed E-state index contributed by atoms with van der Waals surface area (Å²) in [6.07, 6.45) is 5.90. The Morgan fingerprint density at radius 3 is 2.93 bits per heavy atom. The summed E-state index contributed by atoms with van der Waals surface area (Å²) in [5.41, 5.74) is 4.34. The van der Waals surface area contributed by atoms with Crippen LogP contribution in [0.1, 0.15) is 47.3 Å². The number of H-pyrrole nitrogens is 1. The molecule has 3 aromatic rings. The van der Waals surface area contributed by atoms with Gasteiger partial charge in [0.25, 0.3) is 0 Å². The van der Waals surface area contributed by atoms with E-state index in [1.807, 2.05) is 32.2 Å². The fourth-order valence-corrected chi connectivity index (χ4v) is 3.93. The zero-order valence-corrected chi connectivity index (χ0v) is 15.8. The molecule has 0 radical (unpaired) electrons. The molecule has 0 aromatic carbocycles. The maximum Gasteiger partial charge on any atom is 0.143 e. The van der Waals surface area contributed by atoms with Crippen LogP contribution in [0.5, 0.6) is 0 Å². The predicted molar refractivity (Wildman–Crippen MR) is 101 cm³/mol. The zero-order chi connectivity index (χ0) is 18.8. The van der Waals surface area contributed by atoms with E-state index < -0.39 is 0 Å². The smallest absolute Gasteiger partial charge is 0.143 e. The Balaban J connectivity index is 1.61. The third-order valence-electron chi connectivity index (χ3n) is 5.29. The van der Waals surface area contributed by atoms with Crippen molar-refractivity contribution in [2.75, 3.05) is 13.1 Å². The quantitative estimate of drug-likeness (QED) is 0.720. The van der Waals surface area contributed by atoms with Gasteiger partial charge in [-0.15, -0.1) is 0 Å². The van der Waals surface area contributed by atoms with E-state index in [0.717, 1.165) is 72.3 Å². The number of aliphatic hydroxyl groups is 1. The van der Waals surface area contributed by atoms with E-state index in [-0.39, 0.29) is 6.61 Å². The number of piperidine rings is 1. The molecule has 1 fully saturated rings. The third-order valence-corrected chi connectivity index (χ3v) is 5.29. The Kier molecular flexibility index (Phi) is 5.05. The number of aliphatic hydroxyl groups excluding tert-OH is 1. The van der Waals surface area contributed by atoms with Gasteiger partial charge in [0.1, 0.15) is 11.6 Å². The van der Waals surface area contributed by atoms with Gasteiger partial charge in [-0.1, -0.05) is 11.2 Å². The van der Waals surface area contributed by atoms with Crippen molar-refractivity contribution in [1.29, 1.82) is 0 Å². The van der Waals surface area contributed by atoms with Crippen molar-refractivity contribution in [2.45, 2.75) is 45.8 Å². The SMILES string of the molecule is Cc1noc(C)c1-c1nc([C@@H]2CCCN(Cc3ncc[nH]3)C2)ccc1CO. The number of pyridine rings is 1. The van der Waals surface area contributed by atoms with E-state index in [9.17, 15) is 5.11 Å². The van der Waals surface area contributed by atoms with Crippen LogP contribution in [-0.4, -0.2) is 43.2 Å². The summed E-state index contributed by atoms with van der Waals surface area (Å²) >= 11 is 0. The maximum absolute atomic E-state index is 9.78. The summed E-state index contributed by atoms with van der Waals surface area (Å²) in [5, 5.41) is 13.8. The molecule has 27 heavy (non-hydrogen) atoms. The van der Waals surface area contributed by atoms with Crippen LogP contribution in [0.2, 0.25) is 0 Å². The third kappa shape index (κ3) is 3.65. The van der Waals surface area contributed by atoms with E-state index in [1.54, 1.807) is 6.20 Å². The molecule has 2 N–H and O–H groups in total. The lowest BCUT2D eigenvalue weighted by Gasteiger charge is -2.32.